The molecule has 40 heavy (non-hydrogen) atoms. The number of pyridine rings is 1. The van der Waals surface area contributed by atoms with Crippen molar-refractivity contribution in [2.24, 2.45) is 0 Å². The third kappa shape index (κ3) is 6.90. The topological polar surface area (TPSA) is 137 Å². The summed E-state index contributed by atoms with van der Waals surface area (Å²) in [4.78, 5) is 29.0. The van der Waals surface area contributed by atoms with Gasteiger partial charge in [0.05, 0.1) is 22.5 Å². The van der Waals surface area contributed by atoms with Crippen molar-refractivity contribution < 1.29 is 23.1 Å². The number of sulfonamides is 1. The molecule has 0 radical (unpaired) electrons. The zero-order valence-corrected chi connectivity index (χ0v) is 23.1. The second kappa shape index (κ2) is 12.1. The number of hydrogen-bond acceptors (Lipinski definition) is 5. The number of nitrogens with one attached hydrogen (secondary N) is 3. The fourth-order valence-corrected chi connectivity index (χ4v) is 6.31. The molecule has 10 heteroatoms. The number of amides is 2. The molecule has 0 aliphatic rings. The van der Waals surface area contributed by atoms with Gasteiger partial charge in [-0.2, -0.15) is 4.72 Å². The molecule has 0 aliphatic carbocycles. The quantitative estimate of drug-likeness (QED) is 0.220. The summed E-state index contributed by atoms with van der Waals surface area (Å²) in [5.41, 5.74) is 4.98. The fraction of sp³-hybridized carbons (Fsp3) is 0.167. The van der Waals surface area contributed by atoms with Gasteiger partial charge in [-0.15, -0.1) is 0 Å². The van der Waals surface area contributed by atoms with Crippen molar-refractivity contribution in [2.45, 2.75) is 38.1 Å². The Morgan fingerprint density at radius 3 is 2.23 bits per heavy atom. The van der Waals surface area contributed by atoms with Crippen molar-refractivity contribution in [3.05, 3.63) is 107 Å². The molecule has 0 fully saturated rings. The molecule has 3 aromatic carbocycles. The highest BCUT2D eigenvalue weighted by molar-refractivity contribution is 7.89. The van der Waals surface area contributed by atoms with Gasteiger partial charge in [-0.1, -0.05) is 60.2 Å². The number of carbonyl (C=O) groups is 2. The van der Waals surface area contributed by atoms with Crippen LogP contribution in [0.15, 0.2) is 90.1 Å². The van der Waals surface area contributed by atoms with E-state index in [-0.39, 0.29) is 11.3 Å². The van der Waals surface area contributed by atoms with Crippen LogP contribution in [0.25, 0.3) is 11.1 Å². The number of anilines is 2. The van der Waals surface area contributed by atoms with Gasteiger partial charge in [0.15, 0.2) is 0 Å². The normalized spacial score (nSPS) is 12.0. The van der Waals surface area contributed by atoms with Crippen LogP contribution in [-0.2, 0) is 21.2 Å². The number of aryl methyl sites for hydroxylation is 3. The predicted molar refractivity (Wildman–Crippen MR) is 155 cm³/mol. The van der Waals surface area contributed by atoms with E-state index in [1.54, 1.807) is 62.5 Å². The summed E-state index contributed by atoms with van der Waals surface area (Å²) in [6.45, 7) is 5.23. The van der Waals surface area contributed by atoms with Gasteiger partial charge in [0.25, 0.3) is 0 Å². The van der Waals surface area contributed by atoms with Crippen molar-refractivity contribution in [3.8, 4) is 11.1 Å². The fourth-order valence-electron chi connectivity index (χ4n) is 4.66. The number of carbonyl (C=O) groups excluding carboxylic acids is 1. The first-order valence-corrected chi connectivity index (χ1v) is 14.0. The molecule has 4 N–H and O–H groups in total. The zero-order chi connectivity index (χ0) is 28.9. The number of rotatable bonds is 9. The van der Waals surface area contributed by atoms with Gasteiger partial charge in [-0.05, 0) is 67.6 Å². The van der Waals surface area contributed by atoms with Crippen molar-refractivity contribution in [1.29, 1.82) is 0 Å². The van der Waals surface area contributed by atoms with E-state index >= 15 is 0 Å². The van der Waals surface area contributed by atoms with Crippen LogP contribution in [0, 0.1) is 20.8 Å². The third-order valence-corrected chi connectivity index (χ3v) is 8.02. The van der Waals surface area contributed by atoms with E-state index in [1.807, 2.05) is 37.3 Å². The molecule has 1 unspecified atom stereocenters. The van der Waals surface area contributed by atoms with E-state index in [9.17, 15) is 23.1 Å². The molecular formula is C30H30N4O5S. The monoisotopic (exact) mass is 558 g/mol. The first-order valence-electron chi connectivity index (χ1n) is 12.5. The number of carboxylic acids is 1. The number of carboxylic acid groups (broad SMARTS) is 1. The summed E-state index contributed by atoms with van der Waals surface area (Å²) < 4.78 is 28.9. The molecule has 2 amide bonds. The minimum absolute atomic E-state index is 0.0678. The molecule has 4 rings (SSSR count). The summed E-state index contributed by atoms with van der Waals surface area (Å²) in [6.07, 6.45) is 2.95. The molecule has 0 saturated heterocycles. The van der Waals surface area contributed by atoms with Crippen LogP contribution < -0.4 is 15.4 Å². The van der Waals surface area contributed by atoms with Gasteiger partial charge in [-0.25, -0.2) is 13.2 Å². The Kier molecular flexibility index (Phi) is 8.61. The summed E-state index contributed by atoms with van der Waals surface area (Å²) in [6, 6.07) is 19.5. The number of benzene rings is 3. The van der Waals surface area contributed by atoms with E-state index in [0.717, 1.165) is 11.1 Å². The summed E-state index contributed by atoms with van der Waals surface area (Å²) in [7, 11) is -4.13. The van der Waals surface area contributed by atoms with E-state index in [1.165, 1.54) is 6.20 Å². The van der Waals surface area contributed by atoms with Gasteiger partial charge in [0.1, 0.15) is 6.04 Å². The standard InChI is InChI=1S/C30H30N4O5S/c1-19-14-20(2)28(21(3)15-19)40(38,39)34-27(29(35)36)17-22-11-12-25(23-8-5-4-6-9-23)26(16-22)33-30(37)32-24-10-7-13-31-18-24/h4-16,18,27,34H,17H2,1-3H3,(H,35,36)(H2,32,33,37). The lowest BCUT2D eigenvalue weighted by molar-refractivity contribution is -0.138. The van der Waals surface area contributed by atoms with E-state index < -0.39 is 28.1 Å². The van der Waals surface area contributed by atoms with Gasteiger partial charge >= 0.3 is 12.0 Å². The van der Waals surface area contributed by atoms with Gasteiger partial charge in [-0.3, -0.25) is 9.78 Å². The van der Waals surface area contributed by atoms with Crippen LogP contribution in [-0.4, -0.2) is 36.6 Å². The number of urea groups is 1. The van der Waals surface area contributed by atoms with Crippen LogP contribution >= 0.6 is 0 Å². The molecule has 0 aliphatic heterocycles. The second-order valence-corrected chi connectivity index (χ2v) is 11.2. The highest BCUT2D eigenvalue weighted by Crippen LogP contribution is 2.30. The maximum atomic E-state index is 13.3. The lowest BCUT2D eigenvalue weighted by atomic mass is 9.98. The van der Waals surface area contributed by atoms with Crippen LogP contribution in [0.5, 0.6) is 0 Å². The molecule has 1 atom stereocenters. The minimum atomic E-state index is -4.13. The summed E-state index contributed by atoms with van der Waals surface area (Å²) >= 11 is 0. The van der Waals surface area contributed by atoms with E-state index in [2.05, 4.69) is 20.3 Å². The average Bonchev–Trinajstić information content (AvgIpc) is 2.88. The van der Waals surface area contributed by atoms with Crippen LogP contribution in [0.3, 0.4) is 0 Å². The molecular weight excluding hydrogens is 528 g/mol. The maximum absolute atomic E-state index is 13.3. The number of aliphatic carboxylic acids is 1. The highest BCUT2D eigenvalue weighted by atomic mass is 32.2. The van der Waals surface area contributed by atoms with Gasteiger partial charge in [0.2, 0.25) is 10.0 Å². The molecule has 0 saturated carbocycles. The SMILES string of the molecule is Cc1cc(C)c(S(=O)(=O)NC(Cc2ccc(-c3ccccc3)c(NC(=O)Nc3cccnc3)c2)C(=O)O)c(C)c1. The molecule has 1 heterocycles. The molecule has 0 spiro atoms. The first-order chi connectivity index (χ1) is 19.0. The molecule has 9 nitrogen and oxygen atoms in total. The van der Waals surface area contributed by atoms with Crippen molar-refractivity contribution >= 4 is 33.4 Å². The van der Waals surface area contributed by atoms with Crippen molar-refractivity contribution in [1.82, 2.24) is 9.71 Å². The Morgan fingerprint density at radius 2 is 1.60 bits per heavy atom. The van der Waals surface area contributed by atoms with Crippen LogP contribution in [0.1, 0.15) is 22.3 Å². The molecule has 0 bridgehead atoms. The Bertz CT molecular complexity index is 1620. The van der Waals surface area contributed by atoms with Crippen LogP contribution in [0.2, 0.25) is 0 Å². The summed E-state index contributed by atoms with van der Waals surface area (Å²) in [5.74, 6) is -1.32. The number of nitrogens with zero attached hydrogens (tertiary/aromatic N) is 1. The number of aromatic nitrogens is 1. The third-order valence-electron chi connectivity index (χ3n) is 6.25. The van der Waals surface area contributed by atoms with E-state index in [0.29, 0.717) is 33.6 Å². The maximum Gasteiger partial charge on any atom is 0.323 e. The Hall–Kier alpha value is -4.54. The van der Waals surface area contributed by atoms with Gasteiger partial charge in [0, 0.05) is 11.8 Å². The summed E-state index contributed by atoms with van der Waals surface area (Å²) in [5, 5.41) is 15.5. The zero-order valence-electron chi connectivity index (χ0n) is 22.3. The highest BCUT2D eigenvalue weighted by Gasteiger charge is 2.28. The number of hydrogen-bond donors (Lipinski definition) is 4. The lowest BCUT2D eigenvalue weighted by Gasteiger charge is -2.19. The lowest BCUT2D eigenvalue weighted by Crippen LogP contribution is -2.42. The Morgan fingerprint density at radius 1 is 0.900 bits per heavy atom. The van der Waals surface area contributed by atoms with Crippen molar-refractivity contribution in [3.63, 3.8) is 0 Å². The molecule has 1 aromatic heterocycles. The van der Waals surface area contributed by atoms with Crippen molar-refractivity contribution in [2.75, 3.05) is 10.6 Å². The Labute approximate surface area is 233 Å². The minimum Gasteiger partial charge on any atom is -0.480 e. The smallest absolute Gasteiger partial charge is 0.323 e. The molecule has 206 valence electrons. The molecule has 4 aromatic rings. The van der Waals surface area contributed by atoms with Crippen LogP contribution in [0.4, 0.5) is 16.2 Å². The van der Waals surface area contributed by atoms with E-state index in [4.69, 9.17) is 0 Å². The second-order valence-electron chi connectivity index (χ2n) is 9.51. The first kappa shape index (κ1) is 28.5. The van der Waals surface area contributed by atoms with Gasteiger partial charge < -0.3 is 15.7 Å². The Balaban J connectivity index is 1.63. The predicted octanol–water partition coefficient (Wildman–Crippen LogP) is 5.29. The average molecular weight is 559 g/mol. The largest absolute Gasteiger partial charge is 0.480 e.